The van der Waals surface area contributed by atoms with E-state index in [1.54, 1.807) is 7.11 Å². The molecule has 0 N–H and O–H groups in total. The van der Waals surface area contributed by atoms with Crippen LogP contribution < -0.4 is 0 Å². The van der Waals surface area contributed by atoms with Gasteiger partial charge >= 0.3 is 6.09 Å². The summed E-state index contributed by atoms with van der Waals surface area (Å²) in [6.07, 6.45) is 1.42. The predicted molar refractivity (Wildman–Crippen MR) is 109 cm³/mol. The fraction of sp³-hybridized carbons (Fsp3) is 0.636. The van der Waals surface area contributed by atoms with Crippen LogP contribution in [0.15, 0.2) is 18.2 Å². The van der Waals surface area contributed by atoms with E-state index >= 15 is 0 Å². The van der Waals surface area contributed by atoms with Crippen molar-refractivity contribution in [3.63, 3.8) is 0 Å². The highest BCUT2D eigenvalue weighted by Gasteiger charge is 2.32. The number of ether oxygens (including phenoxy) is 2. The number of nitrogens with zero attached hydrogens (tertiary/aromatic N) is 2. The molecule has 2 amide bonds. The van der Waals surface area contributed by atoms with Crippen LogP contribution in [0.2, 0.25) is 0 Å². The van der Waals surface area contributed by atoms with Crippen molar-refractivity contribution in [3.8, 4) is 0 Å². The second kappa shape index (κ2) is 9.41. The van der Waals surface area contributed by atoms with Gasteiger partial charge in [0.15, 0.2) is 0 Å². The number of hydrogen-bond donors (Lipinski definition) is 0. The van der Waals surface area contributed by atoms with Gasteiger partial charge in [-0.15, -0.1) is 0 Å². The van der Waals surface area contributed by atoms with Crippen LogP contribution in [0.1, 0.15) is 56.3 Å². The Bertz CT molecular complexity index is 696. The fourth-order valence-corrected chi connectivity index (χ4v) is 3.40. The number of carbonyl (C=O) groups is 2. The molecule has 0 radical (unpaired) electrons. The van der Waals surface area contributed by atoms with Crippen molar-refractivity contribution in [2.75, 3.05) is 33.4 Å². The Morgan fingerprint density at radius 2 is 1.93 bits per heavy atom. The van der Waals surface area contributed by atoms with Crippen LogP contribution in [0.3, 0.4) is 0 Å². The van der Waals surface area contributed by atoms with Gasteiger partial charge in [-0.05, 0) is 64.2 Å². The van der Waals surface area contributed by atoms with Crippen LogP contribution in [-0.2, 0) is 14.3 Å². The average molecular weight is 391 g/mol. The average Bonchev–Trinajstić information content (AvgIpc) is 3.09. The normalized spacial score (nSPS) is 16.9. The van der Waals surface area contributed by atoms with Crippen LogP contribution in [-0.4, -0.2) is 60.8 Å². The number of methoxy groups -OCH3 is 1. The molecule has 156 valence electrons. The van der Waals surface area contributed by atoms with E-state index < -0.39 is 11.7 Å². The number of hydrogen-bond acceptors (Lipinski definition) is 4. The molecule has 28 heavy (non-hydrogen) atoms. The summed E-state index contributed by atoms with van der Waals surface area (Å²) in [5, 5.41) is 0. The Labute approximate surface area is 168 Å². The summed E-state index contributed by atoms with van der Waals surface area (Å²) in [6.45, 7) is 11.0. The van der Waals surface area contributed by atoms with Crippen molar-refractivity contribution in [1.82, 2.24) is 9.80 Å². The highest BCUT2D eigenvalue weighted by molar-refractivity contribution is 5.83. The van der Waals surface area contributed by atoms with Crippen molar-refractivity contribution in [2.45, 2.75) is 59.1 Å². The molecule has 1 aromatic rings. The molecule has 0 spiro atoms. The molecule has 0 aliphatic carbocycles. The minimum Gasteiger partial charge on any atom is -0.444 e. The van der Waals surface area contributed by atoms with E-state index in [4.69, 9.17) is 9.47 Å². The van der Waals surface area contributed by atoms with Gasteiger partial charge in [0.25, 0.3) is 0 Å². The van der Waals surface area contributed by atoms with Gasteiger partial charge in [-0.1, -0.05) is 18.2 Å². The molecule has 1 fully saturated rings. The number of amides is 2. The van der Waals surface area contributed by atoms with Crippen LogP contribution in [0.5, 0.6) is 0 Å². The zero-order valence-corrected chi connectivity index (χ0v) is 18.1. The van der Waals surface area contributed by atoms with Crippen molar-refractivity contribution in [1.29, 1.82) is 0 Å². The van der Waals surface area contributed by atoms with Gasteiger partial charge in [-0.3, -0.25) is 9.69 Å². The van der Waals surface area contributed by atoms with E-state index in [2.05, 4.69) is 32.0 Å². The van der Waals surface area contributed by atoms with Crippen LogP contribution >= 0.6 is 0 Å². The molecule has 1 aliphatic heterocycles. The molecule has 0 saturated carbocycles. The van der Waals surface area contributed by atoms with Crippen LogP contribution in [0, 0.1) is 13.8 Å². The summed E-state index contributed by atoms with van der Waals surface area (Å²) >= 11 is 0. The monoisotopic (exact) mass is 390 g/mol. The van der Waals surface area contributed by atoms with Crippen LogP contribution in [0.25, 0.3) is 0 Å². The number of rotatable bonds is 6. The lowest BCUT2D eigenvalue weighted by molar-refractivity contribution is -0.133. The Morgan fingerprint density at radius 3 is 2.54 bits per heavy atom. The lowest BCUT2D eigenvalue weighted by atomic mass is 9.99. The molecule has 1 atom stereocenters. The first-order valence-corrected chi connectivity index (χ1v) is 9.96. The van der Waals surface area contributed by atoms with E-state index in [1.165, 1.54) is 16.0 Å². The number of likely N-dealkylation sites (tertiary alicyclic amines) is 1. The molecule has 1 aliphatic rings. The first kappa shape index (κ1) is 22.2. The Hall–Kier alpha value is -2.08. The summed E-state index contributed by atoms with van der Waals surface area (Å²) in [5.74, 6) is -0.0531. The van der Waals surface area contributed by atoms with Gasteiger partial charge in [0, 0.05) is 20.2 Å². The summed E-state index contributed by atoms with van der Waals surface area (Å²) in [4.78, 5) is 28.9. The fourth-order valence-electron chi connectivity index (χ4n) is 3.40. The molecule has 1 saturated heterocycles. The second-order valence-corrected chi connectivity index (χ2v) is 8.48. The van der Waals surface area contributed by atoms with Crippen molar-refractivity contribution in [3.05, 3.63) is 34.9 Å². The maximum Gasteiger partial charge on any atom is 0.410 e. The number of carbonyl (C=O) groups excluding carboxylic acids is 2. The molecule has 0 bridgehead atoms. The summed E-state index contributed by atoms with van der Waals surface area (Å²) in [5.41, 5.74) is 3.03. The Morgan fingerprint density at radius 1 is 1.21 bits per heavy atom. The third-order valence-corrected chi connectivity index (χ3v) is 5.03. The Balaban J connectivity index is 2.12. The van der Waals surface area contributed by atoms with Crippen molar-refractivity contribution < 1.29 is 19.1 Å². The Kier molecular flexibility index (Phi) is 7.47. The quantitative estimate of drug-likeness (QED) is 0.740. The highest BCUT2D eigenvalue weighted by atomic mass is 16.6. The summed E-state index contributed by atoms with van der Waals surface area (Å²) in [7, 11) is 1.57. The smallest absolute Gasteiger partial charge is 0.410 e. The van der Waals surface area contributed by atoms with Gasteiger partial charge in [-0.2, -0.15) is 0 Å². The molecule has 6 nitrogen and oxygen atoms in total. The van der Waals surface area contributed by atoms with Crippen molar-refractivity contribution >= 4 is 12.0 Å². The van der Waals surface area contributed by atoms with E-state index in [-0.39, 0.29) is 18.5 Å². The predicted octanol–water partition coefficient (Wildman–Crippen LogP) is 3.85. The second-order valence-electron chi connectivity index (χ2n) is 8.48. The zero-order valence-electron chi connectivity index (χ0n) is 18.1. The minimum atomic E-state index is -0.610. The number of aryl methyl sites for hydroxylation is 2. The first-order chi connectivity index (χ1) is 13.1. The lowest BCUT2D eigenvalue weighted by Gasteiger charge is -2.30. The molecule has 1 aromatic carbocycles. The van der Waals surface area contributed by atoms with Gasteiger partial charge < -0.3 is 14.4 Å². The van der Waals surface area contributed by atoms with E-state index in [0.29, 0.717) is 19.7 Å². The topological polar surface area (TPSA) is 59.1 Å². The van der Waals surface area contributed by atoms with Gasteiger partial charge in [0.05, 0.1) is 12.6 Å². The largest absolute Gasteiger partial charge is 0.444 e. The highest BCUT2D eigenvalue weighted by Crippen LogP contribution is 2.33. The molecule has 2 rings (SSSR count). The molecule has 6 heteroatoms. The molecule has 1 heterocycles. The maximum absolute atomic E-state index is 13.1. The van der Waals surface area contributed by atoms with Crippen molar-refractivity contribution in [2.24, 2.45) is 0 Å². The van der Waals surface area contributed by atoms with Gasteiger partial charge in [-0.25, -0.2) is 4.79 Å². The summed E-state index contributed by atoms with van der Waals surface area (Å²) < 4.78 is 10.6. The van der Waals surface area contributed by atoms with E-state index in [1.807, 2.05) is 25.7 Å². The minimum absolute atomic E-state index is 0.000380. The standard InChI is InChI=1S/C22H34N2O4/c1-16-9-10-18(14-17(16)2)19-8-7-11-24(19)20(25)15-23(12-13-27-6)21(26)28-22(3,4)5/h9-10,14,19H,7-8,11-13,15H2,1-6H3. The van der Waals surface area contributed by atoms with Gasteiger partial charge in [0.2, 0.25) is 5.91 Å². The molecule has 1 unspecified atom stereocenters. The molecular weight excluding hydrogens is 356 g/mol. The van der Waals surface area contributed by atoms with Crippen LogP contribution in [0.4, 0.5) is 4.79 Å². The zero-order chi connectivity index (χ0) is 20.9. The third-order valence-electron chi connectivity index (χ3n) is 5.03. The SMILES string of the molecule is COCCN(CC(=O)N1CCCC1c1ccc(C)c(C)c1)C(=O)OC(C)(C)C. The molecule has 0 aromatic heterocycles. The first-order valence-electron chi connectivity index (χ1n) is 9.96. The summed E-state index contributed by atoms with van der Waals surface area (Å²) in [6, 6.07) is 6.45. The van der Waals surface area contributed by atoms with Gasteiger partial charge in [0.1, 0.15) is 12.1 Å². The van der Waals surface area contributed by atoms with E-state index in [9.17, 15) is 9.59 Å². The third kappa shape index (κ3) is 5.96. The lowest BCUT2D eigenvalue weighted by Crippen LogP contribution is -2.45. The van der Waals surface area contributed by atoms with E-state index in [0.717, 1.165) is 18.4 Å². The maximum atomic E-state index is 13.1. The number of benzene rings is 1. The molecular formula is C22H34N2O4.